The first-order chi connectivity index (χ1) is 15.7. The smallest absolute Gasteiger partial charge is 0.276 e. The van der Waals surface area contributed by atoms with Gasteiger partial charge in [0.15, 0.2) is 5.16 Å². The molecule has 162 valence electrons. The Morgan fingerprint density at radius 2 is 2.03 bits per heavy atom. The maximum absolute atomic E-state index is 13.3. The van der Waals surface area contributed by atoms with Crippen molar-refractivity contribution in [3.8, 4) is 11.4 Å². The third-order valence-corrected chi connectivity index (χ3v) is 7.41. The lowest BCUT2D eigenvalue weighted by Crippen LogP contribution is -2.29. The highest BCUT2D eigenvalue weighted by molar-refractivity contribution is 7.99. The third kappa shape index (κ3) is 3.80. The maximum atomic E-state index is 13.3. The number of nitrogens with one attached hydrogen (secondary N) is 1. The fourth-order valence-corrected chi connectivity index (χ4v) is 5.67. The quantitative estimate of drug-likeness (QED) is 0.340. The van der Waals surface area contributed by atoms with Crippen LogP contribution in [-0.2, 0) is 11.2 Å². The number of amides is 1. The van der Waals surface area contributed by atoms with Crippen LogP contribution >= 0.6 is 23.1 Å². The van der Waals surface area contributed by atoms with E-state index in [0.717, 1.165) is 12.8 Å². The molecule has 1 amide bonds. The van der Waals surface area contributed by atoms with Gasteiger partial charge in [0, 0.05) is 0 Å². The number of hydrogen-bond donors (Lipinski definition) is 1. The molecule has 8 heteroatoms. The molecule has 0 aliphatic heterocycles. The molecule has 1 unspecified atom stereocenters. The van der Waals surface area contributed by atoms with E-state index in [9.17, 15) is 9.59 Å². The first-order valence-corrected chi connectivity index (χ1v) is 12.2. The summed E-state index contributed by atoms with van der Waals surface area (Å²) in [4.78, 5) is 30.8. The Bertz CT molecular complexity index is 1360. The average Bonchev–Trinajstić information content (AvgIpc) is 3.45. The topological polar surface area (TPSA) is 73.2 Å². The number of para-hydroxylation sites is 2. The van der Waals surface area contributed by atoms with E-state index in [2.05, 4.69) is 22.4 Å². The molecule has 1 N–H and O–H groups in total. The molecule has 5 rings (SSSR count). The van der Waals surface area contributed by atoms with Gasteiger partial charge in [0.25, 0.3) is 5.56 Å². The second-order valence-corrected chi connectivity index (χ2v) is 9.35. The first kappa shape index (κ1) is 20.8. The van der Waals surface area contributed by atoms with Gasteiger partial charge in [-0.1, -0.05) is 48.2 Å². The van der Waals surface area contributed by atoms with Gasteiger partial charge in [-0.3, -0.25) is 14.2 Å². The van der Waals surface area contributed by atoms with Crippen LogP contribution in [-0.4, -0.2) is 28.3 Å². The van der Waals surface area contributed by atoms with Crippen LogP contribution in [0.1, 0.15) is 23.6 Å². The molecule has 2 heterocycles. The van der Waals surface area contributed by atoms with Gasteiger partial charge >= 0.3 is 0 Å². The van der Waals surface area contributed by atoms with Crippen LogP contribution in [0.15, 0.2) is 69.9 Å². The predicted octanol–water partition coefficient (Wildman–Crippen LogP) is 4.35. The number of carbonyl (C=O) groups is 1. The first-order valence-electron chi connectivity index (χ1n) is 10.3. The number of benzene rings is 2. The summed E-state index contributed by atoms with van der Waals surface area (Å²) in [6, 6.07) is 17.4. The minimum atomic E-state index is -0.165. The van der Waals surface area contributed by atoms with Crippen molar-refractivity contribution in [3.63, 3.8) is 0 Å². The molecule has 4 aromatic rings. The number of rotatable bonds is 6. The Hall–Kier alpha value is -3.10. The molecule has 2 aromatic carbocycles. The van der Waals surface area contributed by atoms with E-state index in [0.29, 0.717) is 26.8 Å². The summed E-state index contributed by atoms with van der Waals surface area (Å²) in [5.41, 5.74) is 3.56. The number of aryl methyl sites for hydroxylation is 1. The van der Waals surface area contributed by atoms with Crippen LogP contribution < -0.4 is 15.6 Å². The summed E-state index contributed by atoms with van der Waals surface area (Å²) in [7, 11) is 1.57. The highest BCUT2D eigenvalue weighted by Crippen LogP contribution is 2.31. The lowest BCUT2D eigenvalue weighted by Gasteiger charge is -2.16. The van der Waals surface area contributed by atoms with Crippen LogP contribution in [0.5, 0.6) is 5.75 Å². The van der Waals surface area contributed by atoms with Crippen LogP contribution in [0.2, 0.25) is 0 Å². The molecule has 1 atom stereocenters. The Labute approximate surface area is 193 Å². The zero-order valence-electron chi connectivity index (χ0n) is 17.4. The molecule has 6 nitrogen and oxygen atoms in total. The number of fused-ring (bicyclic) bond motifs is 2. The Balaban J connectivity index is 1.43. The molecule has 0 saturated heterocycles. The van der Waals surface area contributed by atoms with Crippen LogP contribution in [0.4, 0.5) is 0 Å². The number of ether oxygens (including phenoxy) is 1. The summed E-state index contributed by atoms with van der Waals surface area (Å²) in [6.45, 7) is 0. The minimum absolute atomic E-state index is 0.0306. The van der Waals surface area contributed by atoms with E-state index in [1.165, 1.54) is 34.2 Å². The SMILES string of the molecule is COc1ccccc1-n1c(SCC(=O)NC2CCc3ccccc32)nc2ccsc2c1=O. The van der Waals surface area contributed by atoms with E-state index in [4.69, 9.17) is 4.74 Å². The predicted molar refractivity (Wildman–Crippen MR) is 128 cm³/mol. The molecule has 1 aliphatic carbocycles. The number of aromatic nitrogens is 2. The Morgan fingerprint density at radius 3 is 2.91 bits per heavy atom. The highest BCUT2D eigenvalue weighted by Gasteiger charge is 2.24. The van der Waals surface area contributed by atoms with Crippen molar-refractivity contribution < 1.29 is 9.53 Å². The molecule has 0 radical (unpaired) electrons. The van der Waals surface area contributed by atoms with Gasteiger partial charge in [-0.05, 0) is 47.5 Å². The summed E-state index contributed by atoms with van der Waals surface area (Å²) in [5, 5.41) is 5.45. The molecule has 0 saturated carbocycles. The van der Waals surface area contributed by atoms with Crippen molar-refractivity contribution in [2.75, 3.05) is 12.9 Å². The molecule has 0 fully saturated rings. The molecule has 0 bridgehead atoms. The monoisotopic (exact) mass is 463 g/mol. The van der Waals surface area contributed by atoms with Crippen molar-refractivity contribution in [2.45, 2.75) is 24.0 Å². The highest BCUT2D eigenvalue weighted by atomic mass is 32.2. The van der Waals surface area contributed by atoms with E-state index in [1.54, 1.807) is 17.7 Å². The normalized spacial score (nSPS) is 15.0. The number of carbonyl (C=O) groups excluding carboxylic acids is 1. The second-order valence-electron chi connectivity index (χ2n) is 7.49. The standard InChI is InChI=1S/C24H21N3O3S2/c1-30-20-9-5-4-8-19(20)27-23(29)22-18(12-13-31-22)26-24(27)32-14-21(28)25-17-11-10-15-6-2-3-7-16(15)17/h2-9,12-13,17H,10-11,14H2,1H3,(H,25,28). The van der Waals surface area contributed by atoms with Crippen molar-refractivity contribution in [1.29, 1.82) is 0 Å². The zero-order valence-corrected chi connectivity index (χ0v) is 19.0. The van der Waals surface area contributed by atoms with E-state index < -0.39 is 0 Å². The van der Waals surface area contributed by atoms with Crippen LogP contribution in [0, 0.1) is 0 Å². The third-order valence-electron chi connectivity index (χ3n) is 5.58. The number of thioether (sulfide) groups is 1. The maximum Gasteiger partial charge on any atom is 0.276 e. The van der Waals surface area contributed by atoms with Crippen LogP contribution in [0.3, 0.4) is 0 Å². The zero-order chi connectivity index (χ0) is 22.1. The van der Waals surface area contributed by atoms with Crippen molar-refractivity contribution in [3.05, 3.63) is 81.5 Å². The molecule has 32 heavy (non-hydrogen) atoms. The average molecular weight is 464 g/mol. The summed E-state index contributed by atoms with van der Waals surface area (Å²) < 4.78 is 7.60. The van der Waals surface area contributed by atoms with Gasteiger partial charge in [0.1, 0.15) is 10.4 Å². The van der Waals surface area contributed by atoms with Crippen molar-refractivity contribution >= 4 is 39.2 Å². The second kappa shape index (κ2) is 8.80. The largest absolute Gasteiger partial charge is 0.495 e. The fourth-order valence-electron chi connectivity index (χ4n) is 4.09. The van der Waals surface area contributed by atoms with Crippen molar-refractivity contribution in [2.24, 2.45) is 0 Å². The number of thiophene rings is 1. The fraction of sp³-hybridized carbons (Fsp3) is 0.208. The van der Waals surface area contributed by atoms with Gasteiger partial charge in [0.2, 0.25) is 5.91 Å². The molecule has 2 aromatic heterocycles. The molecule has 1 aliphatic rings. The molecular formula is C24H21N3O3S2. The molecular weight excluding hydrogens is 442 g/mol. The van der Waals surface area contributed by atoms with Gasteiger partial charge < -0.3 is 10.1 Å². The van der Waals surface area contributed by atoms with Gasteiger partial charge in [-0.15, -0.1) is 11.3 Å². The number of nitrogens with zero attached hydrogens (tertiary/aromatic N) is 2. The summed E-state index contributed by atoms with van der Waals surface area (Å²) in [6.07, 6.45) is 1.87. The summed E-state index contributed by atoms with van der Waals surface area (Å²) in [5.74, 6) is 0.653. The van der Waals surface area contributed by atoms with Crippen molar-refractivity contribution in [1.82, 2.24) is 14.9 Å². The molecule has 0 spiro atoms. The van der Waals surface area contributed by atoms with Crippen LogP contribution in [0.25, 0.3) is 15.9 Å². The van der Waals surface area contributed by atoms with Gasteiger partial charge in [-0.2, -0.15) is 0 Å². The van der Waals surface area contributed by atoms with E-state index >= 15 is 0 Å². The number of methoxy groups -OCH3 is 1. The minimum Gasteiger partial charge on any atom is -0.495 e. The lowest BCUT2D eigenvalue weighted by molar-refractivity contribution is -0.119. The van der Waals surface area contributed by atoms with E-state index in [1.807, 2.05) is 41.8 Å². The summed E-state index contributed by atoms with van der Waals surface area (Å²) >= 11 is 2.61. The van der Waals surface area contributed by atoms with Gasteiger partial charge in [0.05, 0.1) is 30.1 Å². The Morgan fingerprint density at radius 1 is 1.22 bits per heavy atom. The Kier molecular flexibility index (Phi) is 5.71. The lowest BCUT2D eigenvalue weighted by atomic mass is 10.1. The van der Waals surface area contributed by atoms with E-state index in [-0.39, 0.29) is 23.3 Å². The van der Waals surface area contributed by atoms with Gasteiger partial charge in [-0.25, -0.2) is 4.98 Å². The number of hydrogen-bond acceptors (Lipinski definition) is 6.